The standard InChI is InChI=1S/C12H9N3O2/c16-9-1-3-10(4-2-9)17-12-6-8-15-11(14-12)5-7-13-15/h1-8,16H. The van der Waals surface area contributed by atoms with Crippen LogP contribution in [0.3, 0.4) is 0 Å². The molecule has 2 heterocycles. The number of fused-ring (bicyclic) bond motifs is 1. The van der Waals surface area contributed by atoms with E-state index < -0.39 is 0 Å². The van der Waals surface area contributed by atoms with Gasteiger partial charge in [0, 0.05) is 18.3 Å². The fourth-order valence-electron chi connectivity index (χ4n) is 1.49. The lowest BCUT2D eigenvalue weighted by Gasteiger charge is -2.04. The van der Waals surface area contributed by atoms with Crippen LogP contribution in [0.1, 0.15) is 0 Å². The number of hydrogen-bond acceptors (Lipinski definition) is 4. The van der Waals surface area contributed by atoms with Gasteiger partial charge in [0.25, 0.3) is 0 Å². The molecular formula is C12H9N3O2. The van der Waals surface area contributed by atoms with Crippen molar-refractivity contribution in [2.45, 2.75) is 0 Å². The molecule has 0 radical (unpaired) electrons. The second-order valence-electron chi connectivity index (χ2n) is 3.50. The summed E-state index contributed by atoms with van der Waals surface area (Å²) in [5.74, 6) is 1.32. The number of hydrogen-bond donors (Lipinski definition) is 1. The molecule has 0 aliphatic rings. The van der Waals surface area contributed by atoms with Gasteiger partial charge in [0.1, 0.15) is 11.5 Å². The van der Waals surface area contributed by atoms with Crippen LogP contribution in [-0.4, -0.2) is 19.7 Å². The topological polar surface area (TPSA) is 59.7 Å². The zero-order chi connectivity index (χ0) is 11.7. The Morgan fingerprint density at radius 1 is 1.06 bits per heavy atom. The summed E-state index contributed by atoms with van der Waals surface area (Å²) < 4.78 is 7.20. The molecule has 0 aliphatic carbocycles. The van der Waals surface area contributed by atoms with Crippen molar-refractivity contribution in [2.75, 3.05) is 0 Å². The third kappa shape index (κ3) is 1.90. The zero-order valence-corrected chi connectivity index (χ0v) is 8.82. The molecule has 0 amide bonds. The largest absolute Gasteiger partial charge is 0.508 e. The van der Waals surface area contributed by atoms with Crippen LogP contribution in [-0.2, 0) is 0 Å². The summed E-state index contributed by atoms with van der Waals surface area (Å²) in [6, 6.07) is 10.0. The highest BCUT2D eigenvalue weighted by molar-refractivity contribution is 5.39. The first-order chi connectivity index (χ1) is 8.31. The molecule has 0 saturated heterocycles. The Morgan fingerprint density at radius 3 is 2.71 bits per heavy atom. The van der Waals surface area contributed by atoms with Crippen molar-refractivity contribution >= 4 is 5.65 Å². The molecule has 1 N–H and O–H groups in total. The van der Waals surface area contributed by atoms with Gasteiger partial charge in [-0.15, -0.1) is 0 Å². The third-order valence-corrected chi connectivity index (χ3v) is 2.29. The predicted octanol–water partition coefficient (Wildman–Crippen LogP) is 2.23. The molecule has 0 aliphatic heterocycles. The van der Waals surface area contributed by atoms with E-state index in [0.717, 1.165) is 5.65 Å². The van der Waals surface area contributed by atoms with Gasteiger partial charge >= 0.3 is 0 Å². The van der Waals surface area contributed by atoms with Gasteiger partial charge in [-0.25, -0.2) is 4.52 Å². The maximum atomic E-state index is 9.15. The lowest BCUT2D eigenvalue weighted by atomic mass is 10.3. The highest BCUT2D eigenvalue weighted by atomic mass is 16.5. The maximum absolute atomic E-state index is 9.15. The number of aromatic nitrogens is 3. The minimum Gasteiger partial charge on any atom is -0.508 e. The zero-order valence-electron chi connectivity index (χ0n) is 8.82. The fourth-order valence-corrected chi connectivity index (χ4v) is 1.49. The quantitative estimate of drug-likeness (QED) is 0.729. The Morgan fingerprint density at radius 2 is 1.88 bits per heavy atom. The van der Waals surface area contributed by atoms with Gasteiger partial charge in [-0.05, 0) is 24.3 Å². The van der Waals surface area contributed by atoms with E-state index in [-0.39, 0.29) is 5.75 Å². The van der Waals surface area contributed by atoms with Crippen LogP contribution in [0.25, 0.3) is 5.65 Å². The number of aromatic hydroxyl groups is 1. The van der Waals surface area contributed by atoms with Crippen molar-refractivity contribution < 1.29 is 9.84 Å². The van der Waals surface area contributed by atoms with Crippen LogP contribution in [0, 0.1) is 0 Å². The summed E-state index contributed by atoms with van der Waals surface area (Å²) in [5, 5.41) is 13.2. The molecular weight excluding hydrogens is 218 g/mol. The van der Waals surface area contributed by atoms with Crippen LogP contribution in [0.2, 0.25) is 0 Å². The van der Waals surface area contributed by atoms with Gasteiger partial charge in [0.2, 0.25) is 5.88 Å². The van der Waals surface area contributed by atoms with Crippen molar-refractivity contribution in [3.8, 4) is 17.4 Å². The van der Waals surface area contributed by atoms with Gasteiger partial charge in [-0.2, -0.15) is 10.1 Å². The van der Waals surface area contributed by atoms with Crippen molar-refractivity contribution in [3.63, 3.8) is 0 Å². The van der Waals surface area contributed by atoms with Crippen LogP contribution in [0.15, 0.2) is 48.8 Å². The molecule has 0 spiro atoms. The molecule has 84 valence electrons. The van der Waals surface area contributed by atoms with E-state index in [1.165, 1.54) is 0 Å². The highest BCUT2D eigenvalue weighted by Gasteiger charge is 2.01. The molecule has 0 atom stereocenters. The monoisotopic (exact) mass is 227 g/mol. The third-order valence-electron chi connectivity index (χ3n) is 2.29. The number of ether oxygens (including phenoxy) is 1. The van der Waals surface area contributed by atoms with Gasteiger partial charge < -0.3 is 9.84 Å². The van der Waals surface area contributed by atoms with Crippen LogP contribution in [0.5, 0.6) is 17.4 Å². The van der Waals surface area contributed by atoms with E-state index in [4.69, 9.17) is 9.84 Å². The average molecular weight is 227 g/mol. The van der Waals surface area contributed by atoms with Crippen LogP contribution < -0.4 is 4.74 Å². The first-order valence-electron chi connectivity index (χ1n) is 5.08. The lowest BCUT2D eigenvalue weighted by Crippen LogP contribution is -1.92. The van der Waals surface area contributed by atoms with Crippen molar-refractivity contribution in [2.24, 2.45) is 0 Å². The molecule has 3 rings (SSSR count). The summed E-state index contributed by atoms with van der Waals surface area (Å²) in [4.78, 5) is 4.27. The molecule has 2 aromatic heterocycles. The van der Waals surface area contributed by atoms with E-state index in [9.17, 15) is 0 Å². The lowest BCUT2D eigenvalue weighted by molar-refractivity contribution is 0.454. The number of benzene rings is 1. The summed E-state index contributed by atoms with van der Waals surface area (Å²) in [7, 11) is 0. The summed E-state index contributed by atoms with van der Waals surface area (Å²) >= 11 is 0. The van der Waals surface area contributed by atoms with Gasteiger partial charge in [-0.1, -0.05) is 0 Å². The molecule has 5 heteroatoms. The summed E-state index contributed by atoms with van der Waals surface area (Å²) in [6.45, 7) is 0. The van der Waals surface area contributed by atoms with Gasteiger partial charge in [0.15, 0.2) is 5.65 Å². The van der Waals surface area contributed by atoms with Crippen LogP contribution >= 0.6 is 0 Å². The molecule has 0 unspecified atom stereocenters. The number of phenolic OH excluding ortho intramolecular Hbond substituents is 1. The van der Waals surface area contributed by atoms with E-state index in [2.05, 4.69) is 10.1 Å². The van der Waals surface area contributed by atoms with Crippen molar-refractivity contribution in [3.05, 3.63) is 48.8 Å². The Balaban J connectivity index is 1.91. The fraction of sp³-hybridized carbons (Fsp3) is 0. The Bertz CT molecular complexity index is 646. The highest BCUT2D eigenvalue weighted by Crippen LogP contribution is 2.21. The number of nitrogens with zero attached hydrogens (tertiary/aromatic N) is 3. The Hall–Kier alpha value is -2.56. The molecule has 1 aromatic carbocycles. The van der Waals surface area contributed by atoms with E-state index >= 15 is 0 Å². The summed E-state index contributed by atoms with van der Waals surface area (Å²) in [5.41, 5.74) is 0.723. The second kappa shape index (κ2) is 3.79. The SMILES string of the molecule is Oc1ccc(Oc2ccn3nccc3n2)cc1. The van der Waals surface area contributed by atoms with Crippen LogP contribution in [0.4, 0.5) is 0 Å². The van der Waals surface area contributed by atoms with Crippen molar-refractivity contribution in [1.82, 2.24) is 14.6 Å². The predicted molar refractivity (Wildman–Crippen MR) is 61.2 cm³/mol. The molecule has 5 nitrogen and oxygen atoms in total. The summed E-state index contributed by atoms with van der Waals surface area (Å²) in [6.07, 6.45) is 3.45. The maximum Gasteiger partial charge on any atom is 0.222 e. The number of rotatable bonds is 2. The molecule has 0 saturated carbocycles. The number of phenols is 1. The second-order valence-corrected chi connectivity index (χ2v) is 3.50. The minimum atomic E-state index is 0.205. The van der Waals surface area contributed by atoms with E-state index in [0.29, 0.717) is 11.6 Å². The normalized spacial score (nSPS) is 10.6. The molecule has 0 bridgehead atoms. The molecule has 0 fully saturated rings. The Labute approximate surface area is 96.9 Å². The van der Waals surface area contributed by atoms with Crippen molar-refractivity contribution in [1.29, 1.82) is 0 Å². The smallest absolute Gasteiger partial charge is 0.222 e. The molecule has 17 heavy (non-hydrogen) atoms. The van der Waals surface area contributed by atoms with E-state index in [1.54, 1.807) is 53.3 Å². The Kier molecular flexibility index (Phi) is 2.15. The van der Waals surface area contributed by atoms with Gasteiger partial charge in [-0.3, -0.25) is 0 Å². The molecule has 3 aromatic rings. The first-order valence-corrected chi connectivity index (χ1v) is 5.08. The average Bonchev–Trinajstić information content (AvgIpc) is 2.79. The van der Waals surface area contributed by atoms with Gasteiger partial charge in [0.05, 0.1) is 6.20 Å². The minimum absolute atomic E-state index is 0.205. The van der Waals surface area contributed by atoms with E-state index in [1.807, 2.05) is 0 Å². The first kappa shape index (κ1) is 9.65.